The molecule has 0 bridgehead atoms. The lowest BCUT2D eigenvalue weighted by atomic mass is 9.92. The molecule has 3 atom stereocenters. The maximum Gasteiger partial charge on any atom is 0.303 e. The lowest BCUT2D eigenvalue weighted by Crippen LogP contribution is -2.57. The van der Waals surface area contributed by atoms with Gasteiger partial charge in [-0.05, 0) is 50.0 Å². The van der Waals surface area contributed by atoms with E-state index in [0.717, 1.165) is 25.2 Å². The lowest BCUT2D eigenvalue weighted by molar-refractivity contribution is -0.137. The molecule has 0 aliphatic carbocycles. The number of aliphatic carboxylic acids is 1. The molecule has 0 unspecified atom stereocenters. The summed E-state index contributed by atoms with van der Waals surface area (Å²) < 4.78 is 0. The number of benzene rings is 2. The van der Waals surface area contributed by atoms with E-state index in [1.54, 1.807) is 4.80 Å². The van der Waals surface area contributed by atoms with Crippen molar-refractivity contribution in [2.75, 3.05) is 19.6 Å². The van der Waals surface area contributed by atoms with Crippen molar-refractivity contribution in [2.45, 2.75) is 64.7 Å². The molecule has 1 N–H and O–H groups in total. The van der Waals surface area contributed by atoms with Gasteiger partial charge in [0.25, 0.3) is 0 Å². The van der Waals surface area contributed by atoms with Gasteiger partial charge in [-0.25, -0.2) is 0 Å². The van der Waals surface area contributed by atoms with Crippen LogP contribution < -0.4 is 0 Å². The number of hydrogen-bond acceptors (Lipinski definition) is 6. The summed E-state index contributed by atoms with van der Waals surface area (Å²) in [7, 11) is 0. The predicted octanol–water partition coefficient (Wildman–Crippen LogP) is 4.57. The first-order chi connectivity index (χ1) is 17.9. The molecule has 2 aromatic carbocycles. The Kier molecular flexibility index (Phi) is 8.84. The Morgan fingerprint density at radius 1 is 1.11 bits per heavy atom. The van der Waals surface area contributed by atoms with E-state index in [-0.39, 0.29) is 12.5 Å². The Morgan fingerprint density at radius 3 is 2.59 bits per heavy atom. The minimum atomic E-state index is -0.779. The van der Waals surface area contributed by atoms with Crippen LogP contribution >= 0.6 is 0 Å². The minimum absolute atomic E-state index is 0.148. The fourth-order valence-corrected chi connectivity index (χ4v) is 5.22. The number of piperazine rings is 1. The maximum atomic E-state index is 10.7. The second-order valence-corrected chi connectivity index (χ2v) is 10.1. The molecule has 1 fully saturated rings. The molecule has 0 spiro atoms. The molecule has 0 amide bonds. The van der Waals surface area contributed by atoms with Crippen LogP contribution in [0, 0.1) is 6.92 Å². The van der Waals surface area contributed by atoms with E-state index in [9.17, 15) is 4.79 Å². The fourth-order valence-electron chi connectivity index (χ4n) is 5.22. The van der Waals surface area contributed by atoms with Crippen molar-refractivity contribution in [3.8, 4) is 11.4 Å². The Labute approximate surface area is 219 Å². The van der Waals surface area contributed by atoms with Gasteiger partial charge in [0.1, 0.15) is 0 Å². The lowest BCUT2D eigenvalue weighted by Gasteiger charge is -2.47. The first kappa shape index (κ1) is 26.7. The Bertz CT molecular complexity index is 1190. The topological polar surface area (TPSA) is 87.4 Å². The van der Waals surface area contributed by atoms with Crippen LogP contribution in [-0.2, 0) is 11.3 Å². The minimum Gasteiger partial charge on any atom is -0.481 e. The van der Waals surface area contributed by atoms with Gasteiger partial charge in [-0.2, -0.15) is 4.80 Å². The fraction of sp³-hybridized carbons (Fsp3) is 0.448. The molecule has 37 heavy (non-hydrogen) atoms. The highest BCUT2D eigenvalue weighted by Gasteiger charge is 2.34. The molecule has 8 nitrogen and oxygen atoms in total. The molecule has 8 heteroatoms. The van der Waals surface area contributed by atoms with E-state index in [2.05, 4.69) is 101 Å². The van der Waals surface area contributed by atoms with Crippen LogP contribution in [0.4, 0.5) is 0 Å². The SMILES string of the molecule is C=CCN1C[C@H](C)N([C@H](c2ccc(-c3nnn(CCCCC(=O)O)n3)cc2)c2cccc(C)c2)C[C@H]1C. The molecule has 2 heterocycles. The molecule has 196 valence electrons. The van der Waals surface area contributed by atoms with Crippen LogP contribution in [0.3, 0.4) is 0 Å². The second kappa shape index (κ2) is 12.3. The molecule has 0 radical (unpaired) electrons. The number of rotatable bonds is 11. The van der Waals surface area contributed by atoms with E-state index in [1.165, 1.54) is 16.7 Å². The molecule has 1 aliphatic rings. The summed E-state index contributed by atoms with van der Waals surface area (Å²) >= 11 is 0. The Morgan fingerprint density at radius 2 is 1.89 bits per heavy atom. The molecule has 4 rings (SSSR count). The predicted molar refractivity (Wildman–Crippen MR) is 145 cm³/mol. The molecular formula is C29H38N6O2. The number of hydrogen-bond donors (Lipinski definition) is 1. The van der Waals surface area contributed by atoms with Crippen LogP contribution in [0.5, 0.6) is 0 Å². The number of aryl methyl sites for hydroxylation is 2. The van der Waals surface area contributed by atoms with E-state index in [1.807, 2.05) is 6.08 Å². The molecule has 1 saturated heterocycles. The highest BCUT2D eigenvalue weighted by atomic mass is 16.4. The molecule has 0 saturated carbocycles. The van der Waals surface area contributed by atoms with Crippen molar-refractivity contribution in [3.05, 3.63) is 77.9 Å². The monoisotopic (exact) mass is 502 g/mol. The first-order valence-electron chi connectivity index (χ1n) is 13.1. The summed E-state index contributed by atoms with van der Waals surface area (Å²) in [6, 6.07) is 18.3. The zero-order valence-electron chi connectivity index (χ0n) is 22.1. The first-order valence-corrected chi connectivity index (χ1v) is 13.1. The van der Waals surface area contributed by atoms with E-state index in [4.69, 9.17) is 5.11 Å². The smallest absolute Gasteiger partial charge is 0.303 e. The van der Waals surface area contributed by atoms with E-state index in [0.29, 0.717) is 37.3 Å². The van der Waals surface area contributed by atoms with Gasteiger partial charge < -0.3 is 5.11 Å². The van der Waals surface area contributed by atoms with Crippen molar-refractivity contribution in [2.24, 2.45) is 0 Å². The summed E-state index contributed by atoms with van der Waals surface area (Å²) in [5.74, 6) is -0.198. The highest BCUT2D eigenvalue weighted by Crippen LogP contribution is 2.34. The Balaban J connectivity index is 1.55. The van der Waals surface area contributed by atoms with E-state index < -0.39 is 5.97 Å². The average Bonchev–Trinajstić information content (AvgIpc) is 3.34. The van der Waals surface area contributed by atoms with Crippen LogP contribution in [0.1, 0.15) is 55.8 Å². The highest BCUT2D eigenvalue weighted by molar-refractivity contribution is 5.66. The van der Waals surface area contributed by atoms with Gasteiger partial charge in [-0.1, -0.05) is 60.2 Å². The van der Waals surface area contributed by atoms with Gasteiger partial charge in [0.15, 0.2) is 0 Å². The largest absolute Gasteiger partial charge is 0.481 e. The quantitative estimate of drug-likeness (QED) is 0.303. The summed E-state index contributed by atoms with van der Waals surface area (Å²) in [6.07, 6.45) is 3.46. The standard InChI is InChI=1S/C29H38N6O2/c1-5-16-33-19-23(4)34(20-22(33)3)28(26-10-8-9-21(2)18-26)24-12-14-25(15-13-24)29-30-32-35(31-29)17-7-6-11-27(36)37/h5,8-10,12-15,18,22-23,28H,1,6-7,11,16-17,19-20H2,2-4H3,(H,36,37)/t22-,23+,28-/m1/s1. The number of carboxylic acid groups (broad SMARTS) is 1. The van der Waals surface area contributed by atoms with Crippen molar-refractivity contribution < 1.29 is 9.90 Å². The van der Waals surface area contributed by atoms with Crippen LogP contribution in [0.2, 0.25) is 0 Å². The molecular weight excluding hydrogens is 464 g/mol. The summed E-state index contributed by atoms with van der Waals surface area (Å²) in [5, 5.41) is 21.7. The average molecular weight is 503 g/mol. The number of nitrogens with zero attached hydrogens (tertiary/aromatic N) is 6. The summed E-state index contributed by atoms with van der Waals surface area (Å²) in [5.41, 5.74) is 4.72. The van der Waals surface area contributed by atoms with Crippen LogP contribution in [-0.4, -0.2) is 72.8 Å². The van der Waals surface area contributed by atoms with E-state index >= 15 is 0 Å². The number of carbonyl (C=O) groups is 1. The number of tetrazole rings is 1. The summed E-state index contributed by atoms with van der Waals surface area (Å²) in [6.45, 7) is 14.2. The summed E-state index contributed by atoms with van der Waals surface area (Å²) in [4.78, 5) is 17.4. The van der Waals surface area contributed by atoms with Gasteiger partial charge in [0, 0.05) is 43.7 Å². The Hall–Kier alpha value is -3.36. The van der Waals surface area contributed by atoms with Crippen molar-refractivity contribution >= 4 is 5.97 Å². The zero-order chi connectivity index (χ0) is 26.4. The second-order valence-electron chi connectivity index (χ2n) is 10.1. The van der Waals surface area contributed by atoms with Crippen molar-refractivity contribution in [3.63, 3.8) is 0 Å². The zero-order valence-corrected chi connectivity index (χ0v) is 22.1. The van der Waals surface area contributed by atoms with Crippen LogP contribution in [0.25, 0.3) is 11.4 Å². The molecule has 1 aliphatic heterocycles. The van der Waals surface area contributed by atoms with Gasteiger partial charge in [-0.3, -0.25) is 14.6 Å². The molecule has 3 aromatic rings. The van der Waals surface area contributed by atoms with Gasteiger partial charge in [0.2, 0.25) is 5.82 Å². The number of carboxylic acids is 1. The third-order valence-electron chi connectivity index (χ3n) is 7.15. The van der Waals surface area contributed by atoms with Gasteiger partial charge in [-0.15, -0.1) is 16.8 Å². The third kappa shape index (κ3) is 6.70. The third-order valence-corrected chi connectivity index (χ3v) is 7.15. The molecule has 1 aromatic heterocycles. The van der Waals surface area contributed by atoms with Crippen LogP contribution in [0.15, 0.2) is 61.2 Å². The van der Waals surface area contributed by atoms with Crippen molar-refractivity contribution in [1.29, 1.82) is 0 Å². The normalized spacial score (nSPS) is 19.5. The number of aromatic nitrogens is 4. The number of unbranched alkanes of at least 4 members (excludes halogenated alkanes) is 1. The van der Waals surface area contributed by atoms with Gasteiger partial charge in [0.05, 0.1) is 12.6 Å². The maximum absolute atomic E-state index is 10.7. The van der Waals surface area contributed by atoms with Crippen molar-refractivity contribution in [1.82, 2.24) is 30.0 Å². The van der Waals surface area contributed by atoms with Gasteiger partial charge >= 0.3 is 5.97 Å².